The highest BCUT2D eigenvalue weighted by Crippen LogP contribution is 2.16. The second-order valence-corrected chi connectivity index (χ2v) is 3.62. The van der Waals surface area contributed by atoms with Crippen LogP contribution in [0.2, 0.25) is 0 Å². The first-order chi connectivity index (χ1) is 8.33. The van der Waals surface area contributed by atoms with Crippen molar-refractivity contribution in [3.8, 4) is 11.4 Å². The van der Waals surface area contributed by atoms with Crippen molar-refractivity contribution in [1.29, 1.82) is 0 Å². The molecule has 17 heavy (non-hydrogen) atoms. The molecule has 2 aromatic rings. The van der Waals surface area contributed by atoms with Crippen LogP contribution in [0.5, 0.6) is 5.75 Å². The van der Waals surface area contributed by atoms with E-state index >= 15 is 0 Å². The Hall–Kier alpha value is -1.88. The second-order valence-electron chi connectivity index (χ2n) is 3.62. The van der Waals surface area contributed by atoms with E-state index in [-0.39, 0.29) is 0 Å². The molecule has 0 aliphatic carbocycles. The first-order valence-electron chi connectivity index (χ1n) is 5.62. The van der Waals surface area contributed by atoms with Crippen molar-refractivity contribution in [3.05, 3.63) is 36.2 Å². The number of hydrogen-bond donors (Lipinski definition) is 1. The zero-order valence-electron chi connectivity index (χ0n) is 10.1. The Morgan fingerprint density at radius 3 is 3.06 bits per heavy atom. The predicted octanol–water partition coefficient (Wildman–Crippen LogP) is 1.39. The largest absolute Gasteiger partial charge is 0.494 e. The molecule has 0 aliphatic heterocycles. The molecule has 0 aliphatic rings. The molecule has 0 saturated carbocycles. The summed E-state index contributed by atoms with van der Waals surface area (Å²) in [5, 5.41) is 11.2. The van der Waals surface area contributed by atoms with Crippen LogP contribution in [-0.2, 0) is 6.54 Å². The Balaban J connectivity index is 2.22. The van der Waals surface area contributed by atoms with Gasteiger partial charge in [0.15, 0.2) is 0 Å². The van der Waals surface area contributed by atoms with Gasteiger partial charge in [-0.05, 0) is 26.1 Å². The minimum atomic E-state index is 0.659. The lowest BCUT2D eigenvalue weighted by Gasteiger charge is -2.05. The van der Waals surface area contributed by atoms with Crippen LogP contribution < -0.4 is 10.1 Å². The number of hydrogen-bond acceptors (Lipinski definition) is 4. The molecule has 1 aromatic heterocycles. The minimum absolute atomic E-state index is 0.659. The van der Waals surface area contributed by atoms with Crippen LogP contribution in [0.4, 0.5) is 0 Å². The Morgan fingerprint density at radius 2 is 2.29 bits per heavy atom. The highest BCUT2D eigenvalue weighted by molar-refractivity contribution is 5.38. The smallest absolute Gasteiger partial charge is 0.121 e. The van der Waals surface area contributed by atoms with Gasteiger partial charge in [0.2, 0.25) is 0 Å². The monoisotopic (exact) mass is 232 g/mol. The van der Waals surface area contributed by atoms with Gasteiger partial charge in [0.25, 0.3) is 0 Å². The summed E-state index contributed by atoms with van der Waals surface area (Å²) in [5.74, 6) is 0.843. The lowest BCUT2D eigenvalue weighted by atomic mass is 10.3. The maximum atomic E-state index is 5.45. The van der Waals surface area contributed by atoms with Crippen LogP contribution in [0.3, 0.4) is 0 Å². The second kappa shape index (κ2) is 5.45. The van der Waals surface area contributed by atoms with Gasteiger partial charge in [-0.2, -0.15) is 0 Å². The van der Waals surface area contributed by atoms with E-state index in [0.717, 1.165) is 17.1 Å². The molecule has 0 spiro atoms. The van der Waals surface area contributed by atoms with E-state index in [4.69, 9.17) is 4.74 Å². The fraction of sp³-hybridized carbons (Fsp3) is 0.333. The van der Waals surface area contributed by atoms with Crippen LogP contribution >= 0.6 is 0 Å². The number of nitrogens with one attached hydrogen (secondary N) is 1. The molecule has 0 bridgehead atoms. The van der Waals surface area contributed by atoms with Crippen molar-refractivity contribution in [2.75, 3.05) is 13.7 Å². The van der Waals surface area contributed by atoms with Crippen LogP contribution in [-0.4, -0.2) is 28.6 Å². The average molecular weight is 232 g/mol. The van der Waals surface area contributed by atoms with Crippen LogP contribution in [0, 0.1) is 0 Å². The Labute approximate surface area is 100 Å². The van der Waals surface area contributed by atoms with Crippen molar-refractivity contribution in [2.45, 2.75) is 13.5 Å². The maximum absolute atomic E-state index is 5.45. The zero-order chi connectivity index (χ0) is 12.1. The highest BCUT2D eigenvalue weighted by atomic mass is 16.5. The van der Waals surface area contributed by atoms with Gasteiger partial charge in [-0.1, -0.05) is 11.3 Å². The van der Waals surface area contributed by atoms with E-state index in [2.05, 4.69) is 15.6 Å². The third kappa shape index (κ3) is 2.82. The molecule has 0 atom stereocenters. The molecule has 0 radical (unpaired) electrons. The van der Waals surface area contributed by atoms with Crippen LogP contribution in [0.1, 0.15) is 12.6 Å². The van der Waals surface area contributed by atoms with Gasteiger partial charge in [-0.3, -0.25) is 0 Å². The molecule has 1 heterocycles. The number of nitrogens with zero attached hydrogens (tertiary/aromatic N) is 3. The fourth-order valence-corrected chi connectivity index (χ4v) is 1.57. The summed E-state index contributed by atoms with van der Waals surface area (Å²) in [6.07, 6.45) is 1.90. The Morgan fingerprint density at radius 1 is 1.41 bits per heavy atom. The molecular weight excluding hydrogens is 216 g/mol. The molecular formula is C12H16N4O. The van der Waals surface area contributed by atoms with E-state index < -0.39 is 0 Å². The third-order valence-corrected chi connectivity index (χ3v) is 2.29. The van der Waals surface area contributed by atoms with Gasteiger partial charge >= 0.3 is 0 Å². The van der Waals surface area contributed by atoms with Crippen molar-refractivity contribution in [2.24, 2.45) is 0 Å². The van der Waals surface area contributed by atoms with E-state index in [0.29, 0.717) is 13.2 Å². The van der Waals surface area contributed by atoms with Crippen molar-refractivity contribution in [3.63, 3.8) is 0 Å². The molecule has 5 nitrogen and oxygen atoms in total. The summed E-state index contributed by atoms with van der Waals surface area (Å²) in [7, 11) is 1.88. The Bertz CT molecular complexity index is 481. The molecule has 0 amide bonds. The third-order valence-electron chi connectivity index (χ3n) is 2.29. The van der Waals surface area contributed by atoms with Crippen LogP contribution in [0.25, 0.3) is 5.69 Å². The van der Waals surface area contributed by atoms with Gasteiger partial charge in [0.05, 0.1) is 24.2 Å². The SMILES string of the molecule is CCOc1cccc(-n2cc(CNC)nn2)c1. The lowest BCUT2D eigenvalue weighted by Crippen LogP contribution is -2.05. The topological polar surface area (TPSA) is 52.0 Å². The van der Waals surface area contributed by atoms with Crippen molar-refractivity contribution < 1.29 is 4.74 Å². The molecule has 90 valence electrons. The maximum Gasteiger partial charge on any atom is 0.121 e. The first kappa shape index (κ1) is 11.6. The van der Waals surface area contributed by atoms with E-state index in [1.807, 2.05) is 44.4 Å². The molecule has 0 unspecified atom stereocenters. The van der Waals surface area contributed by atoms with Gasteiger partial charge in [-0.25, -0.2) is 4.68 Å². The minimum Gasteiger partial charge on any atom is -0.494 e. The van der Waals surface area contributed by atoms with Gasteiger partial charge in [-0.15, -0.1) is 5.10 Å². The fourth-order valence-electron chi connectivity index (χ4n) is 1.57. The van der Waals surface area contributed by atoms with Gasteiger partial charge < -0.3 is 10.1 Å². The number of ether oxygens (including phenoxy) is 1. The molecule has 0 saturated heterocycles. The summed E-state index contributed by atoms with van der Waals surface area (Å²) in [5.41, 5.74) is 1.86. The number of benzene rings is 1. The Kier molecular flexibility index (Phi) is 3.72. The normalized spacial score (nSPS) is 10.5. The summed E-state index contributed by atoms with van der Waals surface area (Å²) in [4.78, 5) is 0. The predicted molar refractivity (Wildman–Crippen MR) is 65.3 cm³/mol. The molecule has 1 aromatic carbocycles. The average Bonchev–Trinajstić information content (AvgIpc) is 2.79. The molecule has 1 N–H and O–H groups in total. The van der Waals surface area contributed by atoms with Crippen LogP contribution in [0.15, 0.2) is 30.5 Å². The summed E-state index contributed by atoms with van der Waals surface area (Å²) in [6.45, 7) is 3.34. The van der Waals surface area contributed by atoms with E-state index in [1.165, 1.54) is 0 Å². The van der Waals surface area contributed by atoms with Gasteiger partial charge in [0.1, 0.15) is 5.75 Å². The molecule has 5 heteroatoms. The number of aromatic nitrogens is 3. The van der Waals surface area contributed by atoms with E-state index in [1.54, 1.807) is 4.68 Å². The van der Waals surface area contributed by atoms with E-state index in [9.17, 15) is 0 Å². The van der Waals surface area contributed by atoms with Crippen molar-refractivity contribution in [1.82, 2.24) is 20.3 Å². The lowest BCUT2D eigenvalue weighted by molar-refractivity contribution is 0.340. The first-order valence-corrected chi connectivity index (χ1v) is 5.62. The highest BCUT2D eigenvalue weighted by Gasteiger charge is 2.03. The summed E-state index contributed by atoms with van der Waals surface area (Å²) in [6, 6.07) is 7.79. The standard InChI is InChI=1S/C12H16N4O/c1-3-17-12-6-4-5-11(7-12)16-9-10(8-13-2)14-15-16/h4-7,9,13H,3,8H2,1-2H3. The summed E-state index contributed by atoms with van der Waals surface area (Å²) < 4.78 is 7.19. The molecule has 0 fully saturated rings. The zero-order valence-corrected chi connectivity index (χ0v) is 10.1. The molecule has 2 rings (SSSR count). The van der Waals surface area contributed by atoms with Gasteiger partial charge in [0, 0.05) is 12.6 Å². The quantitative estimate of drug-likeness (QED) is 0.846. The number of rotatable bonds is 5. The summed E-state index contributed by atoms with van der Waals surface area (Å²) >= 11 is 0. The van der Waals surface area contributed by atoms with Crippen molar-refractivity contribution >= 4 is 0 Å².